The minimum Gasteiger partial charge on any atom is -0.303 e. The predicted octanol–water partition coefficient (Wildman–Crippen LogP) is 1.55. The van der Waals surface area contributed by atoms with Crippen LogP contribution in [0.25, 0.3) is 0 Å². The molecule has 2 aliphatic rings. The lowest BCUT2D eigenvalue weighted by atomic mass is 10.4. The van der Waals surface area contributed by atoms with Crippen LogP contribution >= 0.6 is 0 Å². The molecule has 0 amide bonds. The van der Waals surface area contributed by atoms with Crippen LogP contribution in [0.5, 0.6) is 0 Å². The second-order valence-corrected chi connectivity index (χ2v) is 3.81. The Kier molecular flexibility index (Phi) is 1.06. The fourth-order valence-corrected chi connectivity index (χ4v) is 2.22. The second-order valence-electron chi connectivity index (χ2n) is 3.81. The van der Waals surface area contributed by atoms with Crippen LogP contribution in [0.15, 0.2) is 11.6 Å². The molecule has 0 spiro atoms. The number of rotatable bonds is 2. The van der Waals surface area contributed by atoms with Gasteiger partial charge in [0, 0.05) is 0 Å². The van der Waals surface area contributed by atoms with Crippen molar-refractivity contribution in [1.82, 2.24) is 0 Å². The maximum atomic E-state index is 2.41. The minimum atomic E-state index is 0.847. The maximum absolute atomic E-state index is 2.41. The van der Waals surface area contributed by atoms with Crippen LogP contribution in [0.4, 0.5) is 0 Å². The first-order chi connectivity index (χ1) is 4.70. The number of likely N-dealkylation sites (N-methyl/N-ethyl adjacent to an activating group) is 1. The molecule has 2 rings (SSSR count). The third kappa shape index (κ3) is 0.615. The van der Waals surface area contributed by atoms with E-state index in [0.717, 1.165) is 12.1 Å². The van der Waals surface area contributed by atoms with Crippen LogP contribution in [0.2, 0.25) is 0 Å². The Hall–Kier alpha value is -0.300. The first kappa shape index (κ1) is 6.41. The zero-order valence-corrected chi connectivity index (χ0v) is 7.09. The summed E-state index contributed by atoms with van der Waals surface area (Å²) in [4.78, 5) is 0. The second kappa shape index (κ2) is 1.65. The SMILES string of the molecule is CC[N+]1(C2C=C2C)CC1C. The van der Waals surface area contributed by atoms with E-state index in [1.165, 1.54) is 17.6 Å². The zero-order valence-electron chi connectivity index (χ0n) is 7.09. The summed E-state index contributed by atoms with van der Waals surface area (Å²) in [6, 6.07) is 1.78. The molecular weight excluding hydrogens is 122 g/mol. The fraction of sp³-hybridized carbons (Fsp3) is 0.778. The van der Waals surface area contributed by atoms with Crippen LogP contribution in [0.3, 0.4) is 0 Å². The highest BCUT2D eigenvalue weighted by atomic mass is 15.5. The van der Waals surface area contributed by atoms with Crippen molar-refractivity contribution in [2.45, 2.75) is 32.9 Å². The molecule has 0 saturated carbocycles. The molecule has 0 aromatic carbocycles. The van der Waals surface area contributed by atoms with Crippen molar-refractivity contribution in [2.75, 3.05) is 13.1 Å². The standard InChI is InChI=1S/C9H16N/c1-4-10(6-8(10)3)9-5-7(9)2/h5,8-9H,4,6H2,1-3H3/q+1. The highest BCUT2D eigenvalue weighted by Gasteiger charge is 2.58. The van der Waals surface area contributed by atoms with Crippen molar-refractivity contribution in [3.8, 4) is 0 Å². The summed E-state index contributed by atoms with van der Waals surface area (Å²) in [5.74, 6) is 0. The Morgan fingerprint density at radius 3 is 2.30 bits per heavy atom. The number of hydrogen-bond donors (Lipinski definition) is 0. The fourth-order valence-electron chi connectivity index (χ4n) is 2.22. The lowest BCUT2D eigenvalue weighted by molar-refractivity contribution is -0.818. The Bertz CT molecular complexity index is 191. The van der Waals surface area contributed by atoms with Crippen LogP contribution in [0, 0.1) is 0 Å². The molecule has 0 aromatic heterocycles. The summed E-state index contributed by atoms with van der Waals surface area (Å²) in [5, 5.41) is 0. The van der Waals surface area contributed by atoms with Gasteiger partial charge in [-0.25, -0.2) is 0 Å². The van der Waals surface area contributed by atoms with Gasteiger partial charge in [0.1, 0.15) is 18.6 Å². The van der Waals surface area contributed by atoms with Crippen LogP contribution in [-0.2, 0) is 0 Å². The first-order valence-electron chi connectivity index (χ1n) is 4.25. The minimum absolute atomic E-state index is 0.847. The van der Waals surface area contributed by atoms with Gasteiger partial charge in [0.25, 0.3) is 0 Å². The monoisotopic (exact) mass is 138 g/mol. The molecule has 10 heavy (non-hydrogen) atoms. The number of hydrogen-bond acceptors (Lipinski definition) is 0. The van der Waals surface area contributed by atoms with Crippen molar-refractivity contribution < 1.29 is 4.48 Å². The van der Waals surface area contributed by atoms with Crippen molar-refractivity contribution in [2.24, 2.45) is 0 Å². The largest absolute Gasteiger partial charge is 0.303 e. The summed E-state index contributed by atoms with van der Waals surface area (Å²) in [6.07, 6.45) is 2.41. The highest BCUT2D eigenvalue weighted by Crippen LogP contribution is 2.43. The number of quaternary nitrogens is 1. The molecule has 0 aromatic rings. The van der Waals surface area contributed by atoms with E-state index in [-0.39, 0.29) is 0 Å². The average molecular weight is 138 g/mol. The Morgan fingerprint density at radius 2 is 2.20 bits per heavy atom. The molecule has 0 radical (unpaired) electrons. The summed E-state index contributed by atoms with van der Waals surface area (Å²) in [6.45, 7) is 9.66. The van der Waals surface area contributed by atoms with Gasteiger partial charge in [0.15, 0.2) is 0 Å². The van der Waals surface area contributed by atoms with E-state index in [4.69, 9.17) is 0 Å². The summed E-state index contributed by atoms with van der Waals surface area (Å²) in [7, 11) is 0. The molecule has 1 nitrogen and oxygen atoms in total. The van der Waals surface area contributed by atoms with E-state index in [0.29, 0.717) is 0 Å². The molecular formula is C9H16N+. The molecule has 0 bridgehead atoms. The summed E-state index contributed by atoms with van der Waals surface area (Å²) < 4.78 is 1.37. The summed E-state index contributed by atoms with van der Waals surface area (Å²) >= 11 is 0. The molecule has 1 aliphatic heterocycles. The van der Waals surface area contributed by atoms with Gasteiger partial charge < -0.3 is 4.48 Å². The zero-order chi connectivity index (χ0) is 7.35. The van der Waals surface area contributed by atoms with E-state index in [2.05, 4.69) is 26.8 Å². The van der Waals surface area contributed by atoms with Crippen molar-refractivity contribution in [1.29, 1.82) is 0 Å². The van der Waals surface area contributed by atoms with Gasteiger partial charge in [0.2, 0.25) is 0 Å². The highest BCUT2D eigenvalue weighted by molar-refractivity contribution is 5.30. The van der Waals surface area contributed by atoms with Gasteiger partial charge >= 0.3 is 0 Å². The quantitative estimate of drug-likeness (QED) is 0.308. The van der Waals surface area contributed by atoms with Crippen molar-refractivity contribution in [3.05, 3.63) is 11.6 Å². The lowest BCUT2D eigenvalue weighted by Crippen LogP contribution is -2.32. The topological polar surface area (TPSA) is 0 Å². The van der Waals surface area contributed by atoms with E-state index < -0.39 is 0 Å². The summed E-state index contributed by atoms with van der Waals surface area (Å²) in [5.41, 5.74) is 1.62. The molecule has 0 N–H and O–H groups in total. The Labute approximate surface area is 62.9 Å². The van der Waals surface area contributed by atoms with Crippen molar-refractivity contribution in [3.63, 3.8) is 0 Å². The molecule has 3 atom stereocenters. The van der Waals surface area contributed by atoms with E-state index >= 15 is 0 Å². The van der Waals surface area contributed by atoms with Crippen molar-refractivity contribution >= 4 is 0 Å². The van der Waals surface area contributed by atoms with Crippen LogP contribution in [-0.4, -0.2) is 29.7 Å². The molecule has 1 aliphatic carbocycles. The van der Waals surface area contributed by atoms with E-state index in [1.807, 2.05) is 0 Å². The van der Waals surface area contributed by atoms with Gasteiger partial charge in [-0.3, -0.25) is 0 Å². The van der Waals surface area contributed by atoms with Crippen LogP contribution < -0.4 is 0 Å². The van der Waals surface area contributed by atoms with E-state index in [9.17, 15) is 0 Å². The van der Waals surface area contributed by atoms with Crippen LogP contribution in [0.1, 0.15) is 20.8 Å². The first-order valence-corrected chi connectivity index (χ1v) is 4.25. The molecule has 1 saturated heterocycles. The Balaban J connectivity index is 2.03. The Morgan fingerprint density at radius 1 is 1.70 bits per heavy atom. The third-order valence-electron chi connectivity index (χ3n) is 3.27. The molecule has 1 heteroatoms. The van der Waals surface area contributed by atoms with Gasteiger partial charge in [-0.15, -0.1) is 0 Å². The maximum Gasteiger partial charge on any atom is 0.137 e. The van der Waals surface area contributed by atoms with Gasteiger partial charge in [-0.1, -0.05) is 0 Å². The lowest BCUT2D eigenvalue weighted by Gasteiger charge is -2.17. The molecule has 1 fully saturated rings. The normalized spacial score (nSPS) is 50.5. The predicted molar refractivity (Wildman–Crippen MR) is 42.7 cm³/mol. The molecule has 1 heterocycles. The van der Waals surface area contributed by atoms with Gasteiger partial charge in [-0.2, -0.15) is 0 Å². The average Bonchev–Trinajstić information content (AvgIpc) is 2.73. The number of nitrogens with zero attached hydrogens (tertiary/aromatic N) is 1. The van der Waals surface area contributed by atoms with Gasteiger partial charge in [0.05, 0.1) is 6.54 Å². The molecule has 56 valence electrons. The third-order valence-corrected chi connectivity index (χ3v) is 3.27. The smallest absolute Gasteiger partial charge is 0.137 e. The van der Waals surface area contributed by atoms with Gasteiger partial charge in [-0.05, 0) is 32.4 Å². The van der Waals surface area contributed by atoms with E-state index in [1.54, 1.807) is 5.57 Å². The molecule has 3 unspecified atom stereocenters.